The number of ether oxygens (including phenoxy) is 1. The van der Waals surface area contributed by atoms with Gasteiger partial charge in [-0.2, -0.15) is 11.8 Å². The van der Waals surface area contributed by atoms with Gasteiger partial charge in [0.2, 0.25) is 0 Å². The number of thioether (sulfide) groups is 1. The van der Waals surface area contributed by atoms with Crippen LogP contribution < -0.4 is 5.32 Å². The van der Waals surface area contributed by atoms with Gasteiger partial charge in [-0.05, 0) is 48.8 Å². The van der Waals surface area contributed by atoms with Crippen LogP contribution in [0.15, 0.2) is 11.1 Å². The smallest absolute Gasteiger partial charge is 0.333 e. The second kappa shape index (κ2) is 5.73. The van der Waals surface area contributed by atoms with Gasteiger partial charge in [0.15, 0.2) is 0 Å². The molecule has 0 aromatic carbocycles. The first-order valence-electron chi connectivity index (χ1n) is 5.91. The van der Waals surface area contributed by atoms with E-state index in [1.807, 2.05) is 11.8 Å². The zero-order chi connectivity index (χ0) is 11.4. The van der Waals surface area contributed by atoms with E-state index in [0.717, 1.165) is 25.1 Å². The van der Waals surface area contributed by atoms with Crippen molar-refractivity contribution in [3.63, 3.8) is 0 Å². The molecule has 1 saturated heterocycles. The summed E-state index contributed by atoms with van der Waals surface area (Å²) in [6.45, 7) is 1.77. The van der Waals surface area contributed by atoms with Crippen LogP contribution in [-0.4, -0.2) is 37.7 Å². The highest BCUT2D eigenvalue weighted by Gasteiger charge is 2.26. The Bertz CT molecular complexity index is 295. The summed E-state index contributed by atoms with van der Waals surface area (Å²) in [5.74, 6) is 2.93. The van der Waals surface area contributed by atoms with Crippen molar-refractivity contribution >= 4 is 17.7 Å². The molecule has 1 fully saturated rings. The molecule has 0 atom stereocenters. The maximum Gasteiger partial charge on any atom is 0.333 e. The predicted octanol–water partition coefficient (Wildman–Crippen LogP) is 1.59. The SMILES string of the molecule is COC(=O)C1=C(C2CCSCC2)CNCC1. The number of nitrogens with one attached hydrogen (secondary N) is 1. The van der Waals surface area contributed by atoms with Gasteiger partial charge in [0.1, 0.15) is 0 Å². The van der Waals surface area contributed by atoms with Crippen LogP contribution >= 0.6 is 11.8 Å². The van der Waals surface area contributed by atoms with E-state index in [-0.39, 0.29) is 5.97 Å². The molecule has 3 nitrogen and oxygen atoms in total. The molecule has 4 heteroatoms. The van der Waals surface area contributed by atoms with Crippen molar-refractivity contribution < 1.29 is 9.53 Å². The lowest BCUT2D eigenvalue weighted by Crippen LogP contribution is -2.32. The van der Waals surface area contributed by atoms with E-state index in [2.05, 4.69) is 5.32 Å². The highest BCUT2D eigenvalue weighted by molar-refractivity contribution is 7.99. The molecule has 1 N–H and O–H groups in total. The molecule has 0 aliphatic carbocycles. The third-order valence-corrected chi connectivity index (χ3v) is 4.45. The highest BCUT2D eigenvalue weighted by atomic mass is 32.2. The van der Waals surface area contributed by atoms with Gasteiger partial charge in [0.25, 0.3) is 0 Å². The average Bonchev–Trinajstić information content (AvgIpc) is 2.39. The molecule has 2 heterocycles. The van der Waals surface area contributed by atoms with E-state index in [1.165, 1.54) is 37.0 Å². The maximum atomic E-state index is 11.7. The summed E-state index contributed by atoms with van der Waals surface area (Å²) in [6.07, 6.45) is 3.25. The summed E-state index contributed by atoms with van der Waals surface area (Å²) in [5, 5.41) is 3.37. The van der Waals surface area contributed by atoms with Crippen LogP contribution in [0.2, 0.25) is 0 Å². The summed E-state index contributed by atoms with van der Waals surface area (Å²) >= 11 is 2.02. The molecular weight excluding hydrogens is 222 g/mol. The van der Waals surface area contributed by atoms with Gasteiger partial charge < -0.3 is 10.1 Å². The standard InChI is InChI=1S/C12H19NO2S/c1-15-12(14)10-2-5-13-8-11(10)9-3-6-16-7-4-9/h9,13H,2-8H2,1H3. The van der Waals surface area contributed by atoms with E-state index < -0.39 is 0 Å². The Morgan fingerprint density at radius 2 is 2.19 bits per heavy atom. The average molecular weight is 241 g/mol. The molecule has 0 spiro atoms. The monoisotopic (exact) mass is 241 g/mol. The molecular formula is C12H19NO2S. The Labute approximate surface area is 101 Å². The molecule has 0 bridgehead atoms. The Morgan fingerprint density at radius 1 is 1.44 bits per heavy atom. The second-order valence-electron chi connectivity index (χ2n) is 4.31. The summed E-state index contributed by atoms with van der Waals surface area (Å²) in [5.41, 5.74) is 2.26. The second-order valence-corrected chi connectivity index (χ2v) is 5.53. The Kier molecular flexibility index (Phi) is 4.29. The minimum Gasteiger partial charge on any atom is -0.466 e. The number of carbonyl (C=O) groups is 1. The Morgan fingerprint density at radius 3 is 2.88 bits per heavy atom. The topological polar surface area (TPSA) is 38.3 Å². The van der Waals surface area contributed by atoms with E-state index >= 15 is 0 Å². The molecule has 0 amide bonds. The van der Waals surface area contributed by atoms with Crippen molar-refractivity contribution in [1.29, 1.82) is 0 Å². The number of esters is 1. The van der Waals surface area contributed by atoms with E-state index in [0.29, 0.717) is 5.92 Å². The number of carbonyl (C=O) groups excluding carboxylic acids is 1. The Balaban J connectivity index is 2.17. The van der Waals surface area contributed by atoms with Crippen LogP contribution in [0.3, 0.4) is 0 Å². The highest BCUT2D eigenvalue weighted by Crippen LogP contribution is 2.32. The maximum absolute atomic E-state index is 11.7. The largest absolute Gasteiger partial charge is 0.466 e. The lowest BCUT2D eigenvalue weighted by Gasteiger charge is -2.29. The molecule has 0 aromatic heterocycles. The number of hydrogen-bond donors (Lipinski definition) is 1. The molecule has 0 unspecified atom stereocenters. The zero-order valence-corrected chi connectivity index (χ0v) is 10.6. The molecule has 0 radical (unpaired) electrons. The van der Waals surface area contributed by atoms with Gasteiger partial charge in [-0.25, -0.2) is 4.79 Å². The van der Waals surface area contributed by atoms with Crippen LogP contribution in [0, 0.1) is 5.92 Å². The van der Waals surface area contributed by atoms with Crippen molar-refractivity contribution in [3.05, 3.63) is 11.1 Å². The third-order valence-electron chi connectivity index (χ3n) is 3.40. The van der Waals surface area contributed by atoms with Gasteiger partial charge in [-0.3, -0.25) is 0 Å². The first kappa shape index (κ1) is 12.0. The van der Waals surface area contributed by atoms with Gasteiger partial charge in [0.05, 0.1) is 7.11 Å². The van der Waals surface area contributed by atoms with Crippen LogP contribution in [0.1, 0.15) is 19.3 Å². The summed E-state index contributed by atoms with van der Waals surface area (Å²) in [4.78, 5) is 11.7. The minimum absolute atomic E-state index is 0.116. The van der Waals surface area contributed by atoms with Crippen molar-refractivity contribution in [1.82, 2.24) is 5.32 Å². The normalized spacial score (nSPS) is 23.3. The molecule has 16 heavy (non-hydrogen) atoms. The van der Waals surface area contributed by atoms with Gasteiger partial charge in [0, 0.05) is 12.1 Å². The summed E-state index contributed by atoms with van der Waals surface area (Å²) in [6, 6.07) is 0. The fourth-order valence-electron chi connectivity index (χ4n) is 2.50. The molecule has 2 rings (SSSR count). The molecule has 2 aliphatic heterocycles. The summed E-state index contributed by atoms with van der Waals surface area (Å²) < 4.78 is 4.88. The zero-order valence-electron chi connectivity index (χ0n) is 9.75. The number of methoxy groups -OCH3 is 1. The number of rotatable bonds is 2. The van der Waals surface area contributed by atoms with Crippen molar-refractivity contribution in [2.24, 2.45) is 5.92 Å². The van der Waals surface area contributed by atoms with Crippen LogP contribution in [0.5, 0.6) is 0 Å². The first-order valence-corrected chi connectivity index (χ1v) is 7.07. The van der Waals surface area contributed by atoms with E-state index in [1.54, 1.807) is 0 Å². The van der Waals surface area contributed by atoms with Crippen LogP contribution in [0.4, 0.5) is 0 Å². The van der Waals surface area contributed by atoms with Crippen LogP contribution in [0.25, 0.3) is 0 Å². The van der Waals surface area contributed by atoms with Gasteiger partial charge >= 0.3 is 5.97 Å². The lowest BCUT2D eigenvalue weighted by atomic mass is 9.86. The fraction of sp³-hybridized carbons (Fsp3) is 0.750. The lowest BCUT2D eigenvalue weighted by molar-refractivity contribution is -0.136. The van der Waals surface area contributed by atoms with E-state index in [9.17, 15) is 4.79 Å². The number of hydrogen-bond acceptors (Lipinski definition) is 4. The first-order chi connectivity index (χ1) is 7.83. The minimum atomic E-state index is -0.116. The van der Waals surface area contributed by atoms with Crippen molar-refractivity contribution in [3.8, 4) is 0 Å². The quantitative estimate of drug-likeness (QED) is 0.745. The predicted molar refractivity (Wildman–Crippen MR) is 66.6 cm³/mol. The van der Waals surface area contributed by atoms with Gasteiger partial charge in [-0.1, -0.05) is 0 Å². The molecule has 0 aromatic rings. The molecule has 0 saturated carbocycles. The summed E-state index contributed by atoms with van der Waals surface area (Å²) in [7, 11) is 1.48. The molecule has 2 aliphatic rings. The van der Waals surface area contributed by atoms with Crippen molar-refractivity contribution in [2.45, 2.75) is 19.3 Å². The van der Waals surface area contributed by atoms with Crippen molar-refractivity contribution in [2.75, 3.05) is 31.7 Å². The van der Waals surface area contributed by atoms with Crippen LogP contribution in [-0.2, 0) is 9.53 Å². The Hall–Kier alpha value is -0.480. The fourth-order valence-corrected chi connectivity index (χ4v) is 3.60. The van der Waals surface area contributed by atoms with Gasteiger partial charge in [-0.15, -0.1) is 0 Å². The third kappa shape index (κ3) is 2.61. The van der Waals surface area contributed by atoms with E-state index in [4.69, 9.17) is 4.74 Å². The molecule has 90 valence electrons.